The zero-order valence-electron chi connectivity index (χ0n) is 11.0. The monoisotopic (exact) mass is 333 g/mol. The van der Waals surface area contributed by atoms with Gasteiger partial charge in [0.25, 0.3) is 6.43 Å². The summed E-state index contributed by atoms with van der Waals surface area (Å²) in [5.74, 6) is 0.132. The number of nitrogens with zero attached hydrogens (tertiary/aromatic N) is 4. The number of nitrogen functional groups attached to an aromatic ring is 1. The first-order valence-corrected chi connectivity index (χ1v) is 6.84. The minimum atomic E-state index is -2.81. The van der Waals surface area contributed by atoms with Gasteiger partial charge in [-0.25, -0.2) is 23.7 Å². The normalized spacial score (nSPS) is 30.3. The molecule has 0 spiro atoms. The quantitative estimate of drug-likeness (QED) is 0.564. The highest BCUT2D eigenvalue weighted by Gasteiger charge is 2.48. The molecule has 11 heteroatoms. The van der Waals surface area contributed by atoms with Gasteiger partial charge in [0.05, 0.1) is 11.6 Å². The van der Waals surface area contributed by atoms with E-state index in [2.05, 4.69) is 27.6 Å². The Labute approximate surface area is 128 Å². The summed E-state index contributed by atoms with van der Waals surface area (Å²) in [6.07, 6.45) is -5.75. The molecule has 5 unspecified atom stereocenters. The number of nitrogens with two attached hydrogens (primary N) is 1. The summed E-state index contributed by atoms with van der Waals surface area (Å²) in [4.78, 5) is 11.8. The van der Waals surface area contributed by atoms with Crippen LogP contribution in [0.3, 0.4) is 0 Å². The van der Waals surface area contributed by atoms with Gasteiger partial charge in [0.15, 0.2) is 17.7 Å². The average Bonchev–Trinajstić information content (AvgIpc) is 3.02. The van der Waals surface area contributed by atoms with Gasteiger partial charge >= 0.3 is 0 Å². The summed E-state index contributed by atoms with van der Waals surface area (Å²) in [6.45, 7) is 0. The first-order chi connectivity index (χ1) is 10.4. The summed E-state index contributed by atoms with van der Waals surface area (Å²) in [6, 6.07) is 0. The molecule has 3 rings (SSSR count). The van der Waals surface area contributed by atoms with Gasteiger partial charge in [-0.3, -0.25) is 4.57 Å². The van der Waals surface area contributed by atoms with E-state index in [9.17, 15) is 19.0 Å². The molecule has 3 heterocycles. The van der Waals surface area contributed by atoms with E-state index in [1.165, 1.54) is 17.2 Å². The van der Waals surface area contributed by atoms with E-state index in [-0.39, 0.29) is 17.0 Å². The van der Waals surface area contributed by atoms with E-state index in [0.29, 0.717) is 0 Å². The lowest BCUT2D eigenvalue weighted by atomic mass is 10.1. The summed E-state index contributed by atoms with van der Waals surface area (Å²) in [5, 5.41) is 18.5. The zero-order valence-corrected chi connectivity index (χ0v) is 11.9. The highest BCUT2D eigenvalue weighted by Crippen LogP contribution is 2.35. The molecule has 0 aliphatic carbocycles. The molecule has 8 nitrogen and oxygen atoms in total. The van der Waals surface area contributed by atoms with Crippen LogP contribution in [0.15, 0.2) is 12.7 Å². The van der Waals surface area contributed by atoms with Crippen LogP contribution in [0, 0.1) is 0 Å². The van der Waals surface area contributed by atoms with Crippen LogP contribution >= 0.6 is 12.6 Å². The molecule has 1 aliphatic rings. The average molecular weight is 333 g/mol. The summed E-state index contributed by atoms with van der Waals surface area (Å²) in [7, 11) is 0. The molecule has 5 atom stereocenters. The molecular formula is C11H13F2N5O3S. The third-order valence-corrected chi connectivity index (χ3v) is 4.05. The Balaban J connectivity index is 1.96. The number of thiol groups is 1. The second-order valence-corrected chi connectivity index (χ2v) is 5.48. The minimum absolute atomic E-state index is 0.132. The molecule has 0 bridgehead atoms. The maximum atomic E-state index is 12.8. The molecule has 2 aromatic heterocycles. The smallest absolute Gasteiger partial charge is 0.252 e. The van der Waals surface area contributed by atoms with Gasteiger partial charge < -0.3 is 20.7 Å². The van der Waals surface area contributed by atoms with Gasteiger partial charge in [-0.1, -0.05) is 0 Å². The summed E-state index contributed by atoms with van der Waals surface area (Å²) < 4.78 is 32.2. The Kier molecular flexibility index (Phi) is 3.89. The van der Waals surface area contributed by atoms with Crippen molar-refractivity contribution in [2.75, 3.05) is 5.73 Å². The van der Waals surface area contributed by atoms with E-state index in [0.717, 1.165) is 0 Å². The van der Waals surface area contributed by atoms with Gasteiger partial charge in [0.1, 0.15) is 30.2 Å². The Morgan fingerprint density at radius 2 is 2.00 bits per heavy atom. The second-order valence-electron chi connectivity index (χ2n) is 4.88. The topological polar surface area (TPSA) is 119 Å². The van der Waals surface area contributed by atoms with Crippen LogP contribution in [-0.4, -0.2) is 59.7 Å². The zero-order chi connectivity index (χ0) is 16.0. The number of aliphatic hydroxyl groups is 2. The minimum Gasteiger partial charge on any atom is -0.387 e. The van der Waals surface area contributed by atoms with Crippen molar-refractivity contribution in [2.45, 2.75) is 36.2 Å². The fraction of sp³-hybridized carbons (Fsp3) is 0.545. The van der Waals surface area contributed by atoms with Crippen molar-refractivity contribution in [2.24, 2.45) is 0 Å². The number of anilines is 1. The van der Waals surface area contributed by atoms with Gasteiger partial charge in [-0.2, -0.15) is 12.6 Å². The predicted molar refractivity (Wildman–Crippen MR) is 74.4 cm³/mol. The molecule has 0 amide bonds. The Hall–Kier alpha value is -1.56. The lowest BCUT2D eigenvalue weighted by Gasteiger charge is -2.20. The lowest BCUT2D eigenvalue weighted by molar-refractivity contribution is -0.0490. The van der Waals surface area contributed by atoms with Crippen LogP contribution in [0.4, 0.5) is 14.6 Å². The number of rotatable bonds is 3. The van der Waals surface area contributed by atoms with E-state index < -0.39 is 36.2 Å². The molecule has 0 radical (unpaired) electrons. The number of aromatic nitrogens is 4. The van der Waals surface area contributed by atoms with E-state index >= 15 is 0 Å². The molecule has 1 saturated heterocycles. The van der Waals surface area contributed by atoms with Crippen molar-refractivity contribution in [3.05, 3.63) is 12.7 Å². The Morgan fingerprint density at radius 1 is 1.27 bits per heavy atom. The van der Waals surface area contributed by atoms with Gasteiger partial charge in [0, 0.05) is 0 Å². The van der Waals surface area contributed by atoms with Crippen molar-refractivity contribution in [3.8, 4) is 0 Å². The molecule has 0 saturated carbocycles. The van der Waals surface area contributed by atoms with Gasteiger partial charge in [0.2, 0.25) is 0 Å². The standard InChI is InChI=1S/C11H13F2N5O3S/c12-8(13)7(22)6-4(19)5(20)11(21-6)18-2-17-3-9(14)15-1-16-10(3)18/h1-2,4-8,11,19-20,22H,(H2,14,15,16). The predicted octanol–water partition coefficient (Wildman–Crippen LogP) is -0.409. The molecule has 4 N–H and O–H groups in total. The molecule has 22 heavy (non-hydrogen) atoms. The molecular weight excluding hydrogens is 320 g/mol. The van der Waals surface area contributed by atoms with E-state index in [4.69, 9.17) is 10.5 Å². The largest absolute Gasteiger partial charge is 0.387 e. The fourth-order valence-electron chi connectivity index (χ4n) is 2.40. The first-order valence-electron chi connectivity index (χ1n) is 6.32. The molecule has 0 aromatic carbocycles. The van der Waals surface area contributed by atoms with Gasteiger partial charge in [-0.15, -0.1) is 0 Å². The molecule has 1 fully saturated rings. The SMILES string of the molecule is Nc1ncnc2c1ncn2C1OC(C(S)C(F)F)C(O)C1O. The lowest BCUT2D eigenvalue weighted by Crippen LogP contribution is -2.39. The van der Waals surface area contributed by atoms with Crippen molar-refractivity contribution in [3.63, 3.8) is 0 Å². The Bertz CT molecular complexity index is 687. The number of fused-ring (bicyclic) bond motifs is 1. The molecule has 120 valence electrons. The highest BCUT2D eigenvalue weighted by molar-refractivity contribution is 7.81. The van der Waals surface area contributed by atoms with Crippen LogP contribution in [-0.2, 0) is 4.74 Å². The number of hydrogen-bond donors (Lipinski definition) is 4. The number of alkyl halides is 2. The number of ether oxygens (including phenoxy) is 1. The number of hydrogen-bond acceptors (Lipinski definition) is 8. The van der Waals surface area contributed by atoms with Crippen molar-refractivity contribution >= 4 is 29.6 Å². The highest BCUT2D eigenvalue weighted by atomic mass is 32.1. The summed E-state index contributed by atoms with van der Waals surface area (Å²) >= 11 is 3.73. The second kappa shape index (κ2) is 5.57. The Morgan fingerprint density at radius 3 is 2.68 bits per heavy atom. The van der Waals surface area contributed by atoms with Crippen LogP contribution in [0.1, 0.15) is 6.23 Å². The fourth-order valence-corrected chi connectivity index (χ4v) is 2.64. The first kappa shape index (κ1) is 15.3. The van der Waals surface area contributed by atoms with Crippen LogP contribution in [0.2, 0.25) is 0 Å². The van der Waals surface area contributed by atoms with E-state index in [1.807, 2.05) is 0 Å². The van der Waals surface area contributed by atoms with Crippen molar-refractivity contribution < 1.29 is 23.7 Å². The summed E-state index contributed by atoms with van der Waals surface area (Å²) in [5.41, 5.74) is 6.20. The van der Waals surface area contributed by atoms with Crippen molar-refractivity contribution in [1.82, 2.24) is 19.5 Å². The maximum absolute atomic E-state index is 12.8. The number of halogens is 2. The van der Waals surface area contributed by atoms with Crippen LogP contribution in [0.5, 0.6) is 0 Å². The van der Waals surface area contributed by atoms with Gasteiger partial charge in [-0.05, 0) is 0 Å². The number of aliphatic hydroxyl groups excluding tert-OH is 2. The third kappa shape index (κ3) is 2.29. The van der Waals surface area contributed by atoms with E-state index in [1.54, 1.807) is 0 Å². The molecule has 1 aliphatic heterocycles. The maximum Gasteiger partial charge on any atom is 0.252 e. The third-order valence-electron chi connectivity index (χ3n) is 3.53. The number of imidazole rings is 1. The van der Waals surface area contributed by atoms with Crippen LogP contribution < -0.4 is 5.73 Å². The molecule has 2 aromatic rings. The van der Waals surface area contributed by atoms with Crippen LogP contribution in [0.25, 0.3) is 11.2 Å². The van der Waals surface area contributed by atoms with Crippen molar-refractivity contribution in [1.29, 1.82) is 0 Å².